The van der Waals surface area contributed by atoms with Crippen LogP contribution in [-0.2, 0) is 0 Å². The van der Waals surface area contributed by atoms with Crippen molar-refractivity contribution in [3.63, 3.8) is 0 Å². The Bertz CT molecular complexity index is 429. The molecule has 0 bridgehead atoms. The average molecular weight is 248 g/mol. The monoisotopic (exact) mass is 248 g/mol. The number of benzene rings is 1. The molecule has 1 atom stereocenters. The minimum Gasteiger partial charge on any atom is -0.484 e. The SMILES string of the molecule is CCC(N)CN1CC(C)(C)Oc2cc(C)ccc21. The maximum atomic E-state index is 6.10. The number of rotatable bonds is 3. The van der Waals surface area contributed by atoms with Gasteiger partial charge in [-0.25, -0.2) is 0 Å². The zero-order valence-electron chi connectivity index (χ0n) is 11.9. The van der Waals surface area contributed by atoms with Crippen molar-refractivity contribution in [2.45, 2.75) is 45.8 Å². The summed E-state index contributed by atoms with van der Waals surface area (Å²) in [6, 6.07) is 6.60. The molecule has 0 aromatic heterocycles. The summed E-state index contributed by atoms with van der Waals surface area (Å²) in [7, 11) is 0. The Morgan fingerprint density at radius 2 is 2.17 bits per heavy atom. The summed E-state index contributed by atoms with van der Waals surface area (Å²) in [5.41, 5.74) is 8.34. The third-order valence-corrected chi connectivity index (χ3v) is 3.39. The first-order valence-corrected chi connectivity index (χ1v) is 6.71. The zero-order valence-corrected chi connectivity index (χ0v) is 11.9. The van der Waals surface area contributed by atoms with Gasteiger partial charge in [0.2, 0.25) is 0 Å². The lowest BCUT2D eigenvalue weighted by molar-refractivity contribution is 0.104. The van der Waals surface area contributed by atoms with Crippen LogP contribution in [0, 0.1) is 6.92 Å². The molecule has 3 nitrogen and oxygen atoms in total. The highest BCUT2D eigenvalue weighted by Gasteiger charge is 2.32. The van der Waals surface area contributed by atoms with Crippen LogP contribution in [0.5, 0.6) is 5.75 Å². The number of hydrogen-bond acceptors (Lipinski definition) is 3. The summed E-state index contributed by atoms with van der Waals surface area (Å²) in [5, 5.41) is 0. The quantitative estimate of drug-likeness (QED) is 0.894. The first kappa shape index (κ1) is 13.2. The summed E-state index contributed by atoms with van der Waals surface area (Å²) in [6.07, 6.45) is 0.999. The van der Waals surface area contributed by atoms with Crippen LogP contribution in [0.15, 0.2) is 18.2 Å². The van der Waals surface area contributed by atoms with Crippen LogP contribution in [0.25, 0.3) is 0 Å². The molecule has 0 amide bonds. The van der Waals surface area contributed by atoms with E-state index in [-0.39, 0.29) is 11.6 Å². The van der Waals surface area contributed by atoms with Gasteiger partial charge >= 0.3 is 0 Å². The van der Waals surface area contributed by atoms with Crippen LogP contribution in [-0.4, -0.2) is 24.7 Å². The summed E-state index contributed by atoms with van der Waals surface area (Å²) >= 11 is 0. The predicted octanol–water partition coefficient (Wildman–Crippen LogP) is 2.71. The Morgan fingerprint density at radius 3 is 2.83 bits per heavy atom. The van der Waals surface area contributed by atoms with Crippen molar-refractivity contribution in [3.8, 4) is 5.75 Å². The van der Waals surface area contributed by atoms with E-state index in [1.54, 1.807) is 0 Å². The van der Waals surface area contributed by atoms with Gasteiger partial charge in [0.25, 0.3) is 0 Å². The maximum absolute atomic E-state index is 6.10. The fourth-order valence-electron chi connectivity index (χ4n) is 2.41. The van der Waals surface area contributed by atoms with Crippen molar-refractivity contribution in [2.24, 2.45) is 5.73 Å². The summed E-state index contributed by atoms with van der Waals surface area (Å²) in [6.45, 7) is 10.3. The number of ether oxygens (including phenoxy) is 1. The topological polar surface area (TPSA) is 38.5 Å². The molecule has 2 N–H and O–H groups in total. The fraction of sp³-hybridized carbons (Fsp3) is 0.600. The van der Waals surface area contributed by atoms with E-state index in [1.165, 1.54) is 11.3 Å². The molecule has 1 aliphatic heterocycles. The van der Waals surface area contributed by atoms with Gasteiger partial charge in [0.15, 0.2) is 0 Å². The van der Waals surface area contributed by atoms with Crippen LogP contribution in [0.1, 0.15) is 32.8 Å². The Kier molecular flexibility index (Phi) is 3.53. The van der Waals surface area contributed by atoms with E-state index in [0.717, 1.165) is 25.3 Å². The van der Waals surface area contributed by atoms with Crippen LogP contribution >= 0.6 is 0 Å². The molecule has 1 unspecified atom stereocenters. The second kappa shape index (κ2) is 4.81. The molecule has 0 saturated heterocycles. The summed E-state index contributed by atoms with van der Waals surface area (Å²) in [4.78, 5) is 2.35. The van der Waals surface area contributed by atoms with Gasteiger partial charge in [-0.15, -0.1) is 0 Å². The summed E-state index contributed by atoms with van der Waals surface area (Å²) < 4.78 is 6.06. The Morgan fingerprint density at radius 1 is 1.44 bits per heavy atom. The molecule has 18 heavy (non-hydrogen) atoms. The molecule has 1 heterocycles. The van der Waals surface area contributed by atoms with E-state index >= 15 is 0 Å². The molecule has 0 aliphatic carbocycles. The first-order valence-electron chi connectivity index (χ1n) is 6.71. The van der Waals surface area contributed by atoms with Crippen molar-refractivity contribution < 1.29 is 4.74 Å². The number of nitrogens with two attached hydrogens (primary N) is 1. The van der Waals surface area contributed by atoms with Gasteiger partial charge in [-0.2, -0.15) is 0 Å². The first-order chi connectivity index (χ1) is 8.41. The van der Waals surface area contributed by atoms with Crippen molar-refractivity contribution in [1.29, 1.82) is 0 Å². The fourth-order valence-corrected chi connectivity index (χ4v) is 2.41. The molecule has 2 rings (SSSR count). The Balaban J connectivity index is 2.31. The molecule has 0 saturated carbocycles. The third kappa shape index (κ3) is 2.78. The zero-order chi connectivity index (χ0) is 13.3. The van der Waals surface area contributed by atoms with E-state index in [2.05, 4.69) is 50.8 Å². The van der Waals surface area contributed by atoms with Gasteiger partial charge in [-0.1, -0.05) is 13.0 Å². The minimum absolute atomic E-state index is 0.158. The van der Waals surface area contributed by atoms with E-state index in [1.807, 2.05) is 0 Å². The highest BCUT2D eigenvalue weighted by atomic mass is 16.5. The molecule has 0 fully saturated rings. The van der Waals surface area contributed by atoms with Gasteiger partial charge in [-0.05, 0) is 44.9 Å². The van der Waals surface area contributed by atoms with Crippen LogP contribution in [0.3, 0.4) is 0 Å². The van der Waals surface area contributed by atoms with Crippen molar-refractivity contribution in [1.82, 2.24) is 0 Å². The number of hydrogen-bond donors (Lipinski definition) is 1. The molecular weight excluding hydrogens is 224 g/mol. The van der Waals surface area contributed by atoms with E-state index in [0.29, 0.717) is 0 Å². The van der Waals surface area contributed by atoms with Crippen molar-refractivity contribution in [3.05, 3.63) is 23.8 Å². The normalized spacial score (nSPS) is 19.1. The smallest absolute Gasteiger partial charge is 0.143 e. The van der Waals surface area contributed by atoms with Gasteiger partial charge in [-0.3, -0.25) is 0 Å². The van der Waals surface area contributed by atoms with Crippen LogP contribution in [0.2, 0.25) is 0 Å². The lowest BCUT2D eigenvalue weighted by atomic mass is 10.0. The molecule has 1 aromatic carbocycles. The lowest BCUT2D eigenvalue weighted by Gasteiger charge is -2.42. The van der Waals surface area contributed by atoms with Gasteiger partial charge in [0.05, 0.1) is 12.2 Å². The van der Waals surface area contributed by atoms with Crippen molar-refractivity contribution >= 4 is 5.69 Å². The van der Waals surface area contributed by atoms with Gasteiger partial charge < -0.3 is 15.4 Å². The predicted molar refractivity (Wildman–Crippen MR) is 76.4 cm³/mol. The van der Waals surface area contributed by atoms with E-state index in [4.69, 9.17) is 10.5 Å². The second-order valence-corrected chi connectivity index (χ2v) is 5.88. The molecule has 100 valence electrons. The second-order valence-electron chi connectivity index (χ2n) is 5.88. The Labute approximate surface area is 110 Å². The van der Waals surface area contributed by atoms with Gasteiger partial charge in [0, 0.05) is 12.6 Å². The van der Waals surface area contributed by atoms with Crippen LogP contribution < -0.4 is 15.4 Å². The third-order valence-electron chi connectivity index (χ3n) is 3.39. The lowest BCUT2D eigenvalue weighted by Crippen LogP contribution is -2.50. The number of aryl methyl sites for hydroxylation is 1. The molecule has 3 heteroatoms. The highest BCUT2D eigenvalue weighted by molar-refractivity contribution is 5.62. The number of fused-ring (bicyclic) bond motifs is 1. The number of nitrogens with zero attached hydrogens (tertiary/aromatic N) is 1. The van der Waals surface area contributed by atoms with Crippen molar-refractivity contribution in [2.75, 3.05) is 18.0 Å². The molecule has 1 aromatic rings. The minimum atomic E-state index is -0.158. The molecular formula is C15H24N2O. The number of anilines is 1. The highest BCUT2D eigenvalue weighted by Crippen LogP contribution is 2.37. The van der Waals surface area contributed by atoms with E-state index in [9.17, 15) is 0 Å². The molecule has 0 radical (unpaired) electrons. The van der Waals surface area contributed by atoms with E-state index < -0.39 is 0 Å². The summed E-state index contributed by atoms with van der Waals surface area (Å²) in [5.74, 6) is 0.981. The molecule has 1 aliphatic rings. The maximum Gasteiger partial charge on any atom is 0.143 e. The standard InChI is InChI=1S/C15H24N2O/c1-5-12(16)9-17-10-15(3,4)18-14-8-11(2)6-7-13(14)17/h6-8,12H,5,9-10,16H2,1-4H3. The van der Waals surface area contributed by atoms with Gasteiger partial charge in [0.1, 0.15) is 11.4 Å². The molecule has 0 spiro atoms. The van der Waals surface area contributed by atoms with Crippen LogP contribution in [0.4, 0.5) is 5.69 Å². The average Bonchev–Trinajstić information content (AvgIpc) is 2.26. The largest absolute Gasteiger partial charge is 0.484 e. The Hall–Kier alpha value is -1.22.